The Bertz CT molecular complexity index is 921. The Morgan fingerprint density at radius 2 is 1.93 bits per heavy atom. The van der Waals surface area contributed by atoms with Crippen LogP contribution in [0.25, 0.3) is 0 Å². The topological polar surface area (TPSA) is 63.2 Å². The van der Waals surface area contributed by atoms with Crippen LogP contribution in [0.4, 0.5) is 14.9 Å². The molecule has 7 heteroatoms. The van der Waals surface area contributed by atoms with Gasteiger partial charge >= 0.3 is 6.03 Å². The Morgan fingerprint density at radius 3 is 2.64 bits per heavy atom. The third-order valence-electron chi connectivity index (χ3n) is 3.90. The first-order valence-electron chi connectivity index (χ1n) is 8.72. The van der Waals surface area contributed by atoms with Crippen molar-refractivity contribution in [1.29, 1.82) is 0 Å². The highest BCUT2D eigenvalue weighted by Gasteiger charge is 2.07. The third-order valence-corrected chi connectivity index (χ3v) is 4.20. The summed E-state index contributed by atoms with van der Waals surface area (Å²) in [7, 11) is 0. The Hall–Kier alpha value is -3.12. The molecule has 0 bridgehead atoms. The smallest absolute Gasteiger partial charge is 0.319 e. The number of urea groups is 1. The summed E-state index contributed by atoms with van der Waals surface area (Å²) in [6, 6.07) is 16.4. The minimum absolute atomic E-state index is 0.279. The molecule has 0 saturated heterocycles. The van der Waals surface area contributed by atoms with Gasteiger partial charge in [-0.2, -0.15) is 0 Å². The lowest BCUT2D eigenvalue weighted by molar-refractivity contribution is 0.252. The number of anilines is 1. The lowest BCUT2D eigenvalue weighted by atomic mass is 10.1. The monoisotopic (exact) mass is 399 g/mol. The van der Waals surface area contributed by atoms with Crippen LogP contribution in [-0.2, 0) is 13.0 Å². The minimum atomic E-state index is -0.347. The fraction of sp³-hybridized carbons (Fsp3) is 0.143. The van der Waals surface area contributed by atoms with Crippen LogP contribution in [0.15, 0.2) is 66.9 Å². The molecule has 1 aromatic heterocycles. The van der Waals surface area contributed by atoms with Crippen molar-refractivity contribution < 1.29 is 13.9 Å². The maximum Gasteiger partial charge on any atom is 0.319 e. The Kier molecular flexibility index (Phi) is 6.81. The highest BCUT2D eigenvalue weighted by atomic mass is 35.5. The Balaban J connectivity index is 1.46. The summed E-state index contributed by atoms with van der Waals surface area (Å²) in [5.41, 5.74) is 2.29. The Labute approximate surface area is 167 Å². The number of ether oxygens (including phenoxy) is 1. The van der Waals surface area contributed by atoms with Crippen LogP contribution in [0.3, 0.4) is 0 Å². The molecule has 28 heavy (non-hydrogen) atoms. The first-order chi connectivity index (χ1) is 13.6. The molecule has 0 unspecified atom stereocenters. The van der Waals surface area contributed by atoms with E-state index in [1.165, 1.54) is 12.1 Å². The third kappa shape index (κ3) is 5.96. The number of halogens is 2. The van der Waals surface area contributed by atoms with E-state index in [2.05, 4.69) is 15.6 Å². The van der Waals surface area contributed by atoms with Crippen LogP contribution in [0, 0.1) is 5.82 Å². The van der Waals surface area contributed by atoms with Crippen molar-refractivity contribution >= 4 is 23.3 Å². The maximum absolute atomic E-state index is 12.9. The molecule has 0 fully saturated rings. The molecule has 0 aliphatic rings. The van der Waals surface area contributed by atoms with E-state index >= 15 is 0 Å². The second-order valence-corrected chi connectivity index (χ2v) is 6.42. The minimum Gasteiger partial charge on any atom is -0.486 e. The molecule has 2 aromatic carbocycles. The van der Waals surface area contributed by atoms with Gasteiger partial charge in [-0.25, -0.2) is 9.18 Å². The van der Waals surface area contributed by atoms with Crippen LogP contribution < -0.4 is 15.4 Å². The Morgan fingerprint density at radius 1 is 1.11 bits per heavy atom. The zero-order valence-electron chi connectivity index (χ0n) is 15.0. The highest BCUT2D eigenvalue weighted by molar-refractivity contribution is 6.32. The maximum atomic E-state index is 12.9. The molecule has 0 atom stereocenters. The normalized spacial score (nSPS) is 10.4. The van der Waals surface area contributed by atoms with Gasteiger partial charge in [-0.05, 0) is 54.4 Å². The SMILES string of the molecule is O=C(NCCc1ccc(F)cc1)Nc1ccc(OCc2ccccn2)c(Cl)c1. The summed E-state index contributed by atoms with van der Waals surface area (Å²) in [5.74, 6) is 0.230. The van der Waals surface area contributed by atoms with Crippen LogP contribution in [0.2, 0.25) is 5.02 Å². The van der Waals surface area contributed by atoms with E-state index in [9.17, 15) is 9.18 Å². The van der Waals surface area contributed by atoms with Crippen LogP contribution in [0.1, 0.15) is 11.3 Å². The summed E-state index contributed by atoms with van der Waals surface area (Å²) < 4.78 is 18.5. The summed E-state index contributed by atoms with van der Waals surface area (Å²) in [4.78, 5) is 16.2. The zero-order valence-corrected chi connectivity index (χ0v) is 15.7. The number of nitrogens with zero attached hydrogens (tertiary/aromatic N) is 1. The van der Waals surface area contributed by atoms with Crippen molar-refractivity contribution in [2.45, 2.75) is 13.0 Å². The average Bonchev–Trinajstić information content (AvgIpc) is 2.70. The number of carbonyl (C=O) groups excluding carboxylic acids is 1. The molecule has 1 heterocycles. The molecule has 0 aliphatic carbocycles. The van der Waals surface area contributed by atoms with Crippen molar-refractivity contribution in [3.05, 3.63) is 89.0 Å². The lowest BCUT2D eigenvalue weighted by Crippen LogP contribution is -2.30. The highest BCUT2D eigenvalue weighted by Crippen LogP contribution is 2.28. The molecule has 0 aliphatic heterocycles. The molecule has 5 nitrogen and oxygen atoms in total. The number of benzene rings is 2. The first-order valence-corrected chi connectivity index (χ1v) is 9.09. The largest absolute Gasteiger partial charge is 0.486 e. The number of amides is 2. The zero-order chi connectivity index (χ0) is 19.8. The number of carbonyl (C=O) groups is 1. The number of rotatable bonds is 7. The first kappa shape index (κ1) is 19.6. The predicted molar refractivity (Wildman–Crippen MR) is 107 cm³/mol. The standard InChI is InChI=1S/C21H19ClFN3O2/c22-19-13-17(8-9-20(19)28-14-18-3-1-2-11-24-18)26-21(27)25-12-10-15-4-6-16(23)7-5-15/h1-9,11,13H,10,12,14H2,(H2,25,26,27). The van der Waals surface area contributed by atoms with Gasteiger partial charge in [0.15, 0.2) is 0 Å². The fourth-order valence-electron chi connectivity index (χ4n) is 2.48. The molecular weight excluding hydrogens is 381 g/mol. The molecule has 3 rings (SSSR count). The van der Waals surface area contributed by atoms with Crippen molar-refractivity contribution in [1.82, 2.24) is 10.3 Å². The lowest BCUT2D eigenvalue weighted by Gasteiger charge is -2.11. The van der Waals surface area contributed by atoms with Crippen LogP contribution >= 0.6 is 11.6 Å². The second kappa shape index (κ2) is 9.71. The van der Waals surface area contributed by atoms with Crippen molar-refractivity contribution in [3.8, 4) is 5.75 Å². The summed E-state index contributed by atoms with van der Waals surface area (Å²) >= 11 is 6.23. The van der Waals surface area contributed by atoms with Crippen LogP contribution in [0.5, 0.6) is 5.75 Å². The molecule has 0 spiro atoms. The average molecular weight is 400 g/mol. The van der Waals surface area contributed by atoms with Crippen molar-refractivity contribution in [2.75, 3.05) is 11.9 Å². The predicted octanol–water partition coefficient (Wildman–Crippen LogP) is 4.82. The molecule has 144 valence electrons. The molecule has 2 amide bonds. The van der Waals surface area contributed by atoms with Gasteiger partial charge in [-0.15, -0.1) is 0 Å². The van der Waals surface area contributed by atoms with Gasteiger partial charge in [0.2, 0.25) is 0 Å². The molecule has 0 radical (unpaired) electrons. The number of hydrogen-bond donors (Lipinski definition) is 2. The van der Waals surface area contributed by atoms with E-state index in [0.29, 0.717) is 36.0 Å². The number of aromatic nitrogens is 1. The van der Waals surface area contributed by atoms with E-state index in [4.69, 9.17) is 16.3 Å². The summed E-state index contributed by atoms with van der Waals surface area (Å²) in [6.07, 6.45) is 2.30. The van der Waals surface area contributed by atoms with E-state index in [1.807, 2.05) is 18.2 Å². The quantitative estimate of drug-likeness (QED) is 0.598. The van der Waals surface area contributed by atoms with Gasteiger partial charge in [-0.1, -0.05) is 29.8 Å². The number of pyridine rings is 1. The molecule has 2 N–H and O–H groups in total. The van der Waals surface area contributed by atoms with E-state index < -0.39 is 0 Å². The van der Waals surface area contributed by atoms with Crippen LogP contribution in [-0.4, -0.2) is 17.6 Å². The second-order valence-electron chi connectivity index (χ2n) is 6.01. The van der Waals surface area contributed by atoms with E-state index in [1.54, 1.807) is 36.5 Å². The molecule has 3 aromatic rings. The molecule has 0 saturated carbocycles. The fourth-order valence-corrected chi connectivity index (χ4v) is 2.71. The molecular formula is C21H19ClFN3O2. The van der Waals surface area contributed by atoms with Crippen molar-refractivity contribution in [2.24, 2.45) is 0 Å². The van der Waals surface area contributed by atoms with Gasteiger partial charge in [0.05, 0.1) is 10.7 Å². The number of nitrogens with one attached hydrogen (secondary N) is 2. The van der Waals surface area contributed by atoms with Gasteiger partial charge in [0.25, 0.3) is 0 Å². The van der Waals surface area contributed by atoms with E-state index in [0.717, 1.165) is 11.3 Å². The summed E-state index contributed by atoms with van der Waals surface area (Å²) in [5, 5.41) is 5.85. The van der Waals surface area contributed by atoms with E-state index in [-0.39, 0.29) is 11.8 Å². The number of hydrogen-bond acceptors (Lipinski definition) is 3. The van der Waals surface area contributed by atoms with Gasteiger partial charge in [0.1, 0.15) is 18.2 Å². The van der Waals surface area contributed by atoms with Crippen molar-refractivity contribution in [3.63, 3.8) is 0 Å². The van der Waals surface area contributed by atoms with Gasteiger partial charge in [-0.3, -0.25) is 4.98 Å². The van der Waals surface area contributed by atoms with Gasteiger partial charge in [0, 0.05) is 18.4 Å². The van der Waals surface area contributed by atoms with Gasteiger partial charge < -0.3 is 15.4 Å². The summed E-state index contributed by atoms with van der Waals surface area (Å²) in [6.45, 7) is 0.730.